The van der Waals surface area contributed by atoms with E-state index in [0.29, 0.717) is 43.0 Å². The Morgan fingerprint density at radius 1 is 1.29 bits per heavy atom. The normalized spacial score (nSPS) is 18.1. The molecule has 1 aliphatic heterocycles. The first-order valence-corrected chi connectivity index (χ1v) is 8.15. The number of aryl methyl sites for hydroxylation is 2. The van der Waals surface area contributed by atoms with E-state index in [2.05, 4.69) is 0 Å². The Hall–Kier alpha value is -2.31. The number of hydrogen-bond donors (Lipinski definition) is 1. The SMILES string of the molecule is CC(=O)N(CC(=O)O)[C@H]1CCCN(C(=O)c2cc(C)oc2C)CC1. The molecule has 2 heterocycles. The van der Waals surface area contributed by atoms with E-state index in [-0.39, 0.29) is 24.4 Å². The van der Waals surface area contributed by atoms with Crippen molar-refractivity contribution in [3.05, 3.63) is 23.2 Å². The molecule has 7 nitrogen and oxygen atoms in total. The monoisotopic (exact) mass is 336 g/mol. The summed E-state index contributed by atoms with van der Waals surface area (Å²) in [7, 11) is 0. The minimum absolute atomic E-state index is 0.0717. The largest absolute Gasteiger partial charge is 0.480 e. The van der Waals surface area contributed by atoms with E-state index in [0.717, 1.165) is 6.42 Å². The average molecular weight is 336 g/mol. The Bertz CT molecular complexity index is 637. The van der Waals surface area contributed by atoms with Gasteiger partial charge in [-0.1, -0.05) is 0 Å². The summed E-state index contributed by atoms with van der Waals surface area (Å²) in [5.41, 5.74) is 0.569. The summed E-state index contributed by atoms with van der Waals surface area (Å²) in [4.78, 5) is 38.5. The Balaban J connectivity index is 2.06. The summed E-state index contributed by atoms with van der Waals surface area (Å²) in [6, 6.07) is 1.59. The number of amides is 2. The van der Waals surface area contributed by atoms with Gasteiger partial charge < -0.3 is 19.3 Å². The van der Waals surface area contributed by atoms with Crippen molar-refractivity contribution in [1.82, 2.24) is 9.80 Å². The number of nitrogens with zero attached hydrogens (tertiary/aromatic N) is 2. The molecule has 1 saturated heterocycles. The molecule has 0 aromatic carbocycles. The highest BCUT2D eigenvalue weighted by atomic mass is 16.4. The molecule has 2 amide bonds. The standard InChI is InChI=1S/C17H24N2O5/c1-11-9-15(12(2)24-11)17(23)18-7-4-5-14(6-8-18)19(13(3)20)10-16(21)22/h9,14H,4-8,10H2,1-3H3,(H,21,22)/t14-/m0/s1. The van der Waals surface area contributed by atoms with Crippen LogP contribution < -0.4 is 0 Å². The van der Waals surface area contributed by atoms with Crippen molar-refractivity contribution in [3.63, 3.8) is 0 Å². The van der Waals surface area contributed by atoms with E-state index >= 15 is 0 Å². The van der Waals surface area contributed by atoms with Gasteiger partial charge in [0.05, 0.1) is 5.56 Å². The molecule has 7 heteroatoms. The number of furan rings is 1. The van der Waals surface area contributed by atoms with Gasteiger partial charge in [0.2, 0.25) is 5.91 Å². The number of hydrogen-bond acceptors (Lipinski definition) is 4. The maximum absolute atomic E-state index is 12.7. The molecule has 0 aliphatic carbocycles. The molecule has 1 fully saturated rings. The molecule has 0 saturated carbocycles. The first-order chi connectivity index (χ1) is 11.3. The third kappa shape index (κ3) is 4.15. The van der Waals surface area contributed by atoms with Crippen LogP contribution in [0.3, 0.4) is 0 Å². The van der Waals surface area contributed by atoms with E-state index in [1.54, 1.807) is 24.8 Å². The van der Waals surface area contributed by atoms with Gasteiger partial charge in [0.25, 0.3) is 5.91 Å². The number of rotatable bonds is 4. The fourth-order valence-electron chi connectivity index (χ4n) is 3.25. The third-order valence-electron chi connectivity index (χ3n) is 4.41. The van der Waals surface area contributed by atoms with Gasteiger partial charge >= 0.3 is 5.97 Å². The fraction of sp³-hybridized carbons (Fsp3) is 0.588. The molecule has 132 valence electrons. The minimum atomic E-state index is -1.02. The van der Waals surface area contributed by atoms with E-state index in [9.17, 15) is 14.4 Å². The first kappa shape index (κ1) is 18.0. The fourth-order valence-corrected chi connectivity index (χ4v) is 3.25. The molecule has 1 aromatic heterocycles. The average Bonchev–Trinajstić information content (AvgIpc) is 2.71. The molecular formula is C17H24N2O5. The lowest BCUT2D eigenvalue weighted by Crippen LogP contribution is -2.43. The summed E-state index contributed by atoms with van der Waals surface area (Å²) >= 11 is 0. The second-order valence-electron chi connectivity index (χ2n) is 6.24. The Labute approximate surface area is 141 Å². The van der Waals surface area contributed by atoms with Crippen LogP contribution in [0.4, 0.5) is 0 Å². The van der Waals surface area contributed by atoms with Gasteiger partial charge in [-0.15, -0.1) is 0 Å². The van der Waals surface area contributed by atoms with Crippen LogP contribution in [-0.4, -0.2) is 58.4 Å². The summed E-state index contributed by atoms with van der Waals surface area (Å²) in [6.07, 6.45) is 2.00. The third-order valence-corrected chi connectivity index (χ3v) is 4.41. The van der Waals surface area contributed by atoms with E-state index in [4.69, 9.17) is 9.52 Å². The van der Waals surface area contributed by atoms with Crippen molar-refractivity contribution >= 4 is 17.8 Å². The van der Waals surface area contributed by atoms with Crippen molar-refractivity contribution in [3.8, 4) is 0 Å². The second-order valence-corrected chi connectivity index (χ2v) is 6.24. The predicted octanol–water partition coefficient (Wildman–Crippen LogP) is 1.82. The molecule has 1 atom stereocenters. The van der Waals surface area contributed by atoms with Crippen LogP contribution in [0.5, 0.6) is 0 Å². The van der Waals surface area contributed by atoms with Crippen LogP contribution in [-0.2, 0) is 9.59 Å². The molecular weight excluding hydrogens is 312 g/mol. The summed E-state index contributed by atoms with van der Waals surface area (Å²) in [6.45, 7) is 5.75. The zero-order chi connectivity index (χ0) is 17.9. The topological polar surface area (TPSA) is 91.1 Å². The summed E-state index contributed by atoms with van der Waals surface area (Å²) < 4.78 is 5.43. The maximum Gasteiger partial charge on any atom is 0.323 e. The number of likely N-dealkylation sites (tertiary alicyclic amines) is 1. The van der Waals surface area contributed by atoms with Gasteiger partial charge in [-0.3, -0.25) is 14.4 Å². The van der Waals surface area contributed by atoms with Gasteiger partial charge in [-0.2, -0.15) is 0 Å². The van der Waals surface area contributed by atoms with Crippen molar-refractivity contribution in [2.45, 2.75) is 46.1 Å². The van der Waals surface area contributed by atoms with Crippen LogP contribution in [0.25, 0.3) is 0 Å². The lowest BCUT2D eigenvalue weighted by Gasteiger charge is -2.28. The highest BCUT2D eigenvalue weighted by Crippen LogP contribution is 2.21. The highest BCUT2D eigenvalue weighted by molar-refractivity contribution is 5.95. The van der Waals surface area contributed by atoms with Gasteiger partial charge in [0, 0.05) is 26.1 Å². The van der Waals surface area contributed by atoms with Gasteiger partial charge in [-0.05, 0) is 39.2 Å². The zero-order valence-corrected chi connectivity index (χ0v) is 14.4. The van der Waals surface area contributed by atoms with Gasteiger partial charge in [0.15, 0.2) is 0 Å². The smallest absolute Gasteiger partial charge is 0.323 e. The van der Waals surface area contributed by atoms with Crippen molar-refractivity contribution in [2.24, 2.45) is 0 Å². The molecule has 1 aromatic rings. The molecule has 0 radical (unpaired) electrons. The van der Waals surface area contributed by atoms with E-state index < -0.39 is 5.97 Å². The first-order valence-electron chi connectivity index (χ1n) is 8.15. The zero-order valence-electron chi connectivity index (χ0n) is 14.4. The Morgan fingerprint density at radius 3 is 2.54 bits per heavy atom. The molecule has 24 heavy (non-hydrogen) atoms. The van der Waals surface area contributed by atoms with Gasteiger partial charge in [-0.25, -0.2) is 0 Å². The minimum Gasteiger partial charge on any atom is -0.480 e. The van der Waals surface area contributed by atoms with Crippen LogP contribution in [0.15, 0.2) is 10.5 Å². The molecule has 0 bridgehead atoms. The van der Waals surface area contributed by atoms with E-state index in [1.165, 1.54) is 11.8 Å². The number of carboxylic acids is 1. The number of carbonyl (C=O) groups excluding carboxylic acids is 2. The molecule has 1 N–H and O–H groups in total. The van der Waals surface area contributed by atoms with Crippen molar-refractivity contribution in [2.75, 3.05) is 19.6 Å². The summed E-state index contributed by atoms with van der Waals surface area (Å²) in [5, 5.41) is 8.99. The Kier molecular flexibility index (Phi) is 5.64. The Morgan fingerprint density at radius 2 is 2.00 bits per heavy atom. The lowest BCUT2D eigenvalue weighted by atomic mass is 10.1. The quantitative estimate of drug-likeness (QED) is 0.905. The molecule has 0 unspecified atom stereocenters. The molecule has 2 rings (SSSR count). The van der Waals surface area contributed by atoms with Crippen LogP contribution >= 0.6 is 0 Å². The number of aliphatic carboxylic acids is 1. The number of carboxylic acid groups (broad SMARTS) is 1. The molecule has 0 spiro atoms. The lowest BCUT2D eigenvalue weighted by molar-refractivity contribution is -0.145. The predicted molar refractivity (Wildman–Crippen MR) is 86.7 cm³/mol. The van der Waals surface area contributed by atoms with E-state index in [1.807, 2.05) is 0 Å². The van der Waals surface area contributed by atoms with Crippen molar-refractivity contribution < 1.29 is 23.9 Å². The van der Waals surface area contributed by atoms with Crippen LogP contribution in [0.2, 0.25) is 0 Å². The summed E-state index contributed by atoms with van der Waals surface area (Å²) in [5.74, 6) is -0.0322. The molecule has 1 aliphatic rings. The second kappa shape index (κ2) is 7.51. The highest BCUT2D eigenvalue weighted by Gasteiger charge is 2.28. The van der Waals surface area contributed by atoms with Crippen molar-refractivity contribution in [1.29, 1.82) is 0 Å². The van der Waals surface area contributed by atoms with Gasteiger partial charge in [0.1, 0.15) is 18.1 Å². The van der Waals surface area contributed by atoms with Crippen LogP contribution in [0, 0.1) is 13.8 Å². The number of carbonyl (C=O) groups is 3. The maximum atomic E-state index is 12.7. The van der Waals surface area contributed by atoms with Crippen LogP contribution in [0.1, 0.15) is 48.1 Å².